The number of fused-ring (bicyclic) bond motifs is 8. The summed E-state index contributed by atoms with van der Waals surface area (Å²) in [6.45, 7) is 0.337. The SMILES string of the molecule is O=C(CCCCCCCCCCCCCCCCCO)c1cc2cc3nc(cc4ccc(cc5nc(cc1[nH]2)C=C5)[nH]4)C=C3. The van der Waals surface area contributed by atoms with E-state index in [1.54, 1.807) is 0 Å². The van der Waals surface area contributed by atoms with Crippen LogP contribution in [0.25, 0.3) is 46.4 Å². The van der Waals surface area contributed by atoms with Crippen molar-refractivity contribution in [1.82, 2.24) is 19.9 Å². The van der Waals surface area contributed by atoms with Crippen molar-refractivity contribution in [3.05, 3.63) is 70.8 Å². The molecular formula is C38H48N4O2. The summed E-state index contributed by atoms with van der Waals surface area (Å²) in [6.07, 6.45) is 27.2. The van der Waals surface area contributed by atoms with Gasteiger partial charge < -0.3 is 15.1 Å². The summed E-state index contributed by atoms with van der Waals surface area (Å²) in [4.78, 5) is 29.8. The van der Waals surface area contributed by atoms with Gasteiger partial charge in [0.2, 0.25) is 0 Å². The molecule has 0 spiro atoms. The van der Waals surface area contributed by atoms with E-state index in [1.165, 1.54) is 77.0 Å². The smallest absolute Gasteiger partial charge is 0.165 e. The molecule has 5 heterocycles. The average Bonchev–Trinajstić information content (AvgIpc) is 3.83. The van der Waals surface area contributed by atoms with Crippen LogP contribution >= 0.6 is 0 Å². The second kappa shape index (κ2) is 16.9. The van der Waals surface area contributed by atoms with Crippen LogP contribution in [0.1, 0.15) is 136 Å². The van der Waals surface area contributed by atoms with Crippen LogP contribution in [-0.2, 0) is 0 Å². The van der Waals surface area contributed by atoms with Gasteiger partial charge in [0.1, 0.15) is 0 Å². The van der Waals surface area contributed by atoms with E-state index in [0.717, 1.165) is 69.7 Å². The van der Waals surface area contributed by atoms with E-state index in [2.05, 4.69) is 9.97 Å². The molecular weight excluding hydrogens is 544 g/mol. The quantitative estimate of drug-likeness (QED) is 0.0697. The molecule has 0 saturated heterocycles. The first-order valence-electron chi connectivity index (χ1n) is 16.9. The maximum absolute atomic E-state index is 13.4. The lowest BCUT2D eigenvalue weighted by Crippen LogP contribution is -1.98. The number of carbonyl (C=O) groups excluding carboxylic acids is 1. The maximum Gasteiger partial charge on any atom is 0.165 e. The Bertz CT molecular complexity index is 1590. The summed E-state index contributed by atoms with van der Waals surface area (Å²) in [6, 6.07) is 14.1. The van der Waals surface area contributed by atoms with Crippen LogP contribution in [0.3, 0.4) is 0 Å². The number of nitrogens with zero attached hydrogens (tertiary/aromatic N) is 2. The number of Topliss-reactive ketones (excluding diaryl/α,β-unsaturated/α-hetero) is 1. The number of hydrogen-bond acceptors (Lipinski definition) is 4. The van der Waals surface area contributed by atoms with Gasteiger partial charge in [0.25, 0.3) is 0 Å². The predicted molar refractivity (Wildman–Crippen MR) is 184 cm³/mol. The normalized spacial score (nSPS) is 12.3. The maximum atomic E-state index is 13.4. The fourth-order valence-corrected chi connectivity index (χ4v) is 6.08. The van der Waals surface area contributed by atoms with Crippen molar-refractivity contribution in [2.45, 2.75) is 103 Å². The number of unbranched alkanes of at least 4 members (excludes halogenated alkanes) is 14. The van der Waals surface area contributed by atoms with Crippen LogP contribution in [0.4, 0.5) is 0 Å². The molecule has 3 aromatic rings. The molecule has 2 aliphatic heterocycles. The zero-order valence-electron chi connectivity index (χ0n) is 26.1. The standard InChI is InChI=1S/C38H48N4O2/c43-23-15-13-11-9-7-5-3-1-2-4-6-8-10-12-14-16-38(44)36-27-35-26-33-20-19-31(40-33)24-29-17-18-30(39-29)25-32-21-22-34(41-32)28-37(36)42-35/h17-22,24-28,39,42-43H,1-16,23H2. The highest BCUT2D eigenvalue weighted by molar-refractivity contribution is 6.04. The molecule has 3 N–H and O–H groups in total. The zero-order valence-corrected chi connectivity index (χ0v) is 26.1. The van der Waals surface area contributed by atoms with E-state index in [0.29, 0.717) is 13.0 Å². The van der Waals surface area contributed by atoms with Gasteiger partial charge in [-0.2, -0.15) is 0 Å². The Hall–Kier alpha value is -3.77. The van der Waals surface area contributed by atoms with Crippen LogP contribution in [0.15, 0.2) is 42.5 Å². The Balaban J connectivity index is 1.11. The third-order valence-electron chi connectivity index (χ3n) is 8.53. The molecule has 6 nitrogen and oxygen atoms in total. The highest BCUT2D eigenvalue weighted by Crippen LogP contribution is 2.22. The fourth-order valence-electron chi connectivity index (χ4n) is 6.08. The number of aliphatic hydroxyl groups is 1. The molecule has 0 saturated carbocycles. The van der Waals surface area contributed by atoms with Gasteiger partial charge >= 0.3 is 0 Å². The minimum absolute atomic E-state index is 0.180. The number of rotatable bonds is 18. The average molecular weight is 593 g/mol. The molecule has 0 fully saturated rings. The fraction of sp³-hybridized carbons (Fsp3) is 0.447. The minimum Gasteiger partial charge on any atom is -0.396 e. The lowest BCUT2D eigenvalue weighted by molar-refractivity contribution is 0.0981. The van der Waals surface area contributed by atoms with Crippen LogP contribution in [-0.4, -0.2) is 37.4 Å². The third kappa shape index (κ3) is 9.88. The molecule has 3 aromatic heterocycles. The molecule has 0 amide bonds. The predicted octanol–water partition coefficient (Wildman–Crippen LogP) is 10.1. The van der Waals surface area contributed by atoms with Crippen LogP contribution < -0.4 is 0 Å². The Labute approximate surface area is 261 Å². The Kier molecular flexibility index (Phi) is 12.2. The molecule has 0 aliphatic carbocycles. The highest BCUT2D eigenvalue weighted by Gasteiger charge is 2.12. The topological polar surface area (TPSA) is 94.7 Å². The van der Waals surface area contributed by atoms with Gasteiger partial charge in [-0.25, -0.2) is 9.97 Å². The Morgan fingerprint density at radius 2 is 0.955 bits per heavy atom. The van der Waals surface area contributed by atoms with Crippen molar-refractivity contribution in [2.24, 2.45) is 0 Å². The van der Waals surface area contributed by atoms with E-state index in [4.69, 9.17) is 15.1 Å². The van der Waals surface area contributed by atoms with Crippen LogP contribution in [0.5, 0.6) is 0 Å². The molecule has 8 bridgehead atoms. The van der Waals surface area contributed by atoms with Crippen LogP contribution in [0, 0.1) is 0 Å². The lowest BCUT2D eigenvalue weighted by atomic mass is 10.0. The summed E-state index contributed by atoms with van der Waals surface area (Å²) >= 11 is 0. The molecule has 0 atom stereocenters. The van der Waals surface area contributed by atoms with Crippen molar-refractivity contribution in [2.75, 3.05) is 6.61 Å². The molecule has 6 heteroatoms. The first-order chi connectivity index (χ1) is 21.7. The molecule has 2 aliphatic rings. The molecule has 5 rings (SSSR count). The number of aliphatic hydroxyl groups excluding tert-OH is 1. The van der Waals surface area contributed by atoms with Crippen molar-refractivity contribution in [1.29, 1.82) is 0 Å². The Morgan fingerprint density at radius 3 is 1.45 bits per heavy atom. The van der Waals surface area contributed by atoms with Gasteiger partial charge in [0.05, 0.1) is 28.3 Å². The summed E-state index contributed by atoms with van der Waals surface area (Å²) in [5.74, 6) is 0.180. The number of hydrogen-bond donors (Lipinski definition) is 3. The van der Waals surface area contributed by atoms with Gasteiger partial charge in [-0.15, -0.1) is 0 Å². The molecule has 232 valence electrons. The first-order valence-corrected chi connectivity index (χ1v) is 16.9. The monoisotopic (exact) mass is 592 g/mol. The molecule has 44 heavy (non-hydrogen) atoms. The number of nitrogens with one attached hydrogen (secondary N) is 2. The molecule has 0 radical (unpaired) electrons. The minimum atomic E-state index is 0.180. The van der Waals surface area contributed by atoms with E-state index < -0.39 is 0 Å². The van der Waals surface area contributed by atoms with Gasteiger partial charge in [-0.1, -0.05) is 83.5 Å². The van der Waals surface area contributed by atoms with Crippen molar-refractivity contribution < 1.29 is 9.90 Å². The number of aromatic amines is 2. The summed E-state index contributed by atoms with van der Waals surface area (Å²) in [7, 11) is 0. The second-order valence-electron chi connectivity index (χ2n) is 12.3. The van der Waals surface area contributed by atoms with Gasteiger partial charge in [0, 0.05) is 35.1 Å². The van der Waals surface area contributed by atoms with E-state index in [9.17, 15) is 4.79 Å². The van der Waals surface area contributed by atoms with Crippen molar-refractivity contribution in [3.63, 3.8) is 0 Å². The van der Waals surface area contributed by atoms with Crippen molar-refractivity contribution >= 4 is 52.2 Å². The second-order valence-corrected chi connectivity index (χ2v) is 12.3. The summed E-state index contributed by atoms with van der Waals surface area (Å²) in [5, 5.41) is 8.83. The summed E-state index contributed by atoms with van der Waals surface area (Å²) < 4.78 is 0. The largest absolute Gasteiger partial charge is 0.396 e. The van der Waals surface area contributed by atoms with E-state index in [-0.39, 0.29) is 5.78 Å². The number of aromatic nitrogens is 4. The summed E-state index contributed by atoms with van der Waals surface area (Å²) in [5.41, 5.74) is 7.82. The third-order valence-corrected chi connectivity index (χ3v) is 8.53. The number of H-pyrrole nitrogens is 2. The molecule has 0 aromatic carbocycles. The lowest BCUT2D eigenvalue weighted by Gasteiger charge is -2.03. The van der Waals surface area contributed by atoms with Gasteiger partial charge in [-0.05, 0) is 79.6 Å². The Morgan fingerprint density at radius 1 is 0.523 bits per heavy atom. The molecule has 0 unspecified atom stereocenters. The van der Waals surface area contributed by atoms with Crippen molar-refractivity contribution in [3.8, 4) is 0 Å². The van der Waals surface area contributed by atoms with E-state index in [1.807, 2.05) is 66.8 Å². The van der Waals surface area contributed by atoms with Gasteiger partial charge in [-0.3, -0.25) is 4.79 Å². The number of carbonyl (C=O) groups is 1. The highest BCUT2D eigenvalue weighted by atomic mass is 16.2. The first kappa shape index (κ1) is 31.6. The van der Waals surface area contributed by atoms with Crippen LogP contribution in [0.2, 0.25) is 0 Å². The zero-order chi connectivity index (χ0) is 30.4. The number of ketones is 1. The van der Waals surface area contributed by atoms with Gasteiger partial charge in [0.15, 0.2) is 5.78 Å². The van der Waals surface area contributed by atoms with E-state index >= 15 is 0 Å².